The largest absolute Gasteiger partial charge is 0.342 e. The molecule has 2 heterocycles. The molecule has 0 spiro atoms. The number of aromatic nitrogens is 1. The van der Waals surface area contributed by atoms with Gasteiger partial charge >= 0.3 is 0 Å². The molecule has 2 N–H and O–H groups in total. The molecule has 1 aliphatic heterocycles. The summed E-state index contributed by atoms with van der Waals surface area (Å²) < 4.78 is 0. The molecule has 0 bridgehead atoms. The molecule has 1 aromatic rings. The molecule has 1 aromatic heterocycles. The first-order valence-corrected chi connectivity index (χ1v) is 6.16. The fraction of sp³-hybridized carbons (Fsp3) is 0.538. The number of hydrogen-bond acceptors (Lipinski definition) is 3. The van der Waals surface area contributed by atoms with E-state index in [1.807, 2.05) is 17.0 Å². The van der Waals surface area contributed by atoms with E-state index in [4.69, 9.17) is 5.73 Å². The highest BCUT2D eigenvalue weighted by Gasteiger charge is 2.21. The Morgan fingerprint density at radius 2 is 2.17 bits per heavy atom. The maximum absolute atomic E-state index is 12.0. The average Bonchev–Trinajstić information content (AvgIpc) is 2.40. The summed E-state index contributed by atoms with van der Waals surface area (Å²) in [6.07, 6.45) is 6.01. The summed E-state index contributed by atoms with van der Waals surface area (Å²) in [6.45, 7) is 2.44. The number of nitrogens with zero attached hydrogens (tertiary/aromatic N) is 2. The molecule has 18 heavy (non-hydrogen) atoms. The topological polar surface area (TPSA) is 59.2 Å². The minimum Gasteiger partial charge on any atom is -0.342 e. The summed E-state index contributed by atoms with van der Waals surface area (Å²) in [5, 5.41) is 0. The minimum atomic E-state index is 0. The van der Waals surface area contributed by atoms with Crippen LogP contribution in [0.5, 0.6) is 0 Å². The van der Waals surface area contributed by atoms with Gasteiger partial charge in [-0.3, -0.25) is 9.78 Å². The fourth-order valence-corrected chi connectivity index (χ4v) is 2.21. The van der Waals surface area contributed by atoms with Crippen LogP contribution in [0, 0.1) is 5.92 Å². The Bertz CT molecular complexity index is 364. The molecule has 5 heteroatoms. The molecule has 1 amide bonds. The Hall–Kier alpha value is -1.13. The second-order valence-corrected chi connectivity index (χ2v) is 4.60. The van der Waals surface area contributed by atoms with Crippen molar-refractivity contribution < 1.29 is 4.79 Å². The lowest BCUT2D eigenvalue weighted by molar-refractivity contribution is -0.131. The van der Waals surface area contributed by atoms with E-state index in [0.717, 1.165) is 38.0 Å². The molecule has 0 aliphatic carbocycles. The zero-order chi connectivity index (χ0) is 12.1. The van der Waals surface area contributed by atoms with Crippen molar-refractivity contribution in [2.75, 3.05) is 19.6 Å². The standard InChI is InChI=1S/C13H19N3O.ClH/c14-9-11-3-6-16(7-4-11)13(17)8-12-2-1-5-15-10-12;/h1-2,5,10-11H,3-4,6-9,14H2;1H. The van der Waals surface area contributed by atoms with Crippen molar-refractivity contribution in [2.24, 2.45) is 11.7 Å². The van der Waals surface area contributed by atoms with Gasteiger partial charge in [0, 0.05) is 25.5 Å². The molecule has 0 unspecified atom stereocenters. The van der Waals surface area contributed by atoms with Gasteiger partial charge in [-0.05, 0) is 36.9 Å². The lowest BCUT2D eigenvalue weighted by Gasteiger charge is -2.31. The van der Waals surface area contributed by atoms with E-state index in [1.54, 1.807) is 12.4 Å². The van der Waals surface area contributed by atoms with Gasteiger partial charge in [-0.1, -0.05) is 6.07 Å². The van der Waals surface area contributed by atoms with Gasteiger partial charge in [-0.25, -0.2) is 0 Å². The van der Waals surface area contributed by atoms with Crippen LogP contribution in [0.15, 0.2) is 24.5 Å². The van der Waals surface area contributed by atoms with Crippen molar-refractivity contribution in [1.29, 1.82) is 0 Å². The van der Waals surface area contributed by atoms with Crippen LogP contribution in [0.2, 0.25) is 0 Å². The molecule has 0 aromatic carbocycles. The Balaban J connectivity index is 0.00000162. The van der Waals surface area contributed by atoms with Gasteiger partial charge in [-0.2, -0.15) is 0 Å². The zero-order valence-corrected chi connectivity index (χ0v) is 11.2. The minimum absolute atomic E-state index is 0. The monoisotopic (exact) mass is 269 g/mol. The highest BCUT2D eigenvalue weighted by Crippen LogP contribution is 2.16. The quantitative estimate of drug-likeness (QED) is 0.898. The molecule has 1 aliphatic rings. The first kappa shape index (κ1) is 14.9. The third kappa shape index (κ3) is 3.96. The molecule has 0 saturated carbocycles. The van der Waals surface area contributed by atoms with E-state index in [0.29, 0.717) is 12.3 Å². The van der Waals surface area contributed by atoms with Crippen molar-refractivity contribution >= 4 is 18.3 Å². The van der Waals surface area contributed by atoms with E-state index in [-0.39, 0.29) is 18.3 Å². The zero-order valence-electron chi connectivity index (χ0n) is 10.4. The van der Waals surface area contributed by atoms with Gasteiger partial charge in [0.05, 0.1) is 6.42 Å². The first-order valence-electron chi connectivity index (χ1n) is 6.16. The van der Waals surface area contributed by atoms with Crippen LogP contribution in [0.1, 0.15) is 18.4 Å². The van der Waals surface area contributed by atoms with E-state index >= 15 is 0 Å². The number of piperidine rings is 1. The van der Waals surface area contributed by atoms with Crippen LogP contribution in [-0.2, 0) is 11.2 Å². The maximum Gasteiger partial charge on any atom is 0.227 e. The summed E-state index contributed by atoms with van der Waals surface area (Å²) in [6, 6.07) is 3.81. The van der Waals surface area contributed by atoms with E-state index in [1.165, 1.54) is 0 Å². The van der Waals surface area contributed by atoms with Gasteiger partial charge < -0.3 is 10.6 Å². The van der Waals surface area contributed by atoms with Gasteiger partial charge in [0.25, 0.3) is 0 Å². The van der Waals surface area contributed by atoms with Gasteiger partial charge in [-0.15, -0.1) is 12.4 Å². The molecular formula is C13H20ClN3O. The number of nitrogens with two attached hydrogens (primary N) is 1. The number of hydrogen-bond donors (Lipinski definition) is 1. The van der Waals surface area contributed by atoms with Crippen LogP contribution < -0.4 is 5.73 Å². The van der Waals surface area contributed by atoms with Crippen LogP contribution >= 0.6 is 12.4 Å². The number of carbonyl (C=O) groups is 1. The molecule has 1 saturated heterocycles. The van der Waals surface area contributed by atoms with E-state index in [2.05, 4.69) is 4.98 Å². The lowest BCUT2D eigenvalue weighted by atomic mass is 9.97. The maximum atomic E-state index is 12.0. The van der Waals surface area contributed by atoms with Crippen molar-refractivity contribution in [3.8, 4) is 0 Å². The Morgan fingerprint density at radius 1 is 1.44 bits per heavy atom. The van der Waals surface area contributed by atoms with E-state index in [9.17, 15) is 4.79 Å². The van der Waals surface area contributed by atoms with Crippen molar-refractivity contribution in [3.63, 3.8) is 0 Å². The predicted molar refractivity (Wildman–Crippen MR) is 73.5 cm³/mol. The SMILES string of the molecule is Cl.NCC1CCN(C(=O)Cc2cccnc2)CC1. The Morgan fingerprint density at radius 3 is 2.72 bits per heavy atom. The second kappa shape index (κ2) is 7.34. The number of rotatable bonds is 3. The van der Waals surface area contributed by atoms with Gasteiger partial charge in [0.15, 0.2) is 0 Å². The lowest BCUT2D eigenvalue weighted by Crippen LogP contribution is -2.40. The third-order valence-electron chi connectivity index (χ3n) is 3.38. The molecule has 100 valence electrons. The van der Waals surface area contributed by atoms with Crippen LogP contribution in [-0.4, -0.2) is 35.4 Å². The average molecular weight is 270 g/mol. The van der Waals surface area contributed by atoms with Crippen LogP contribution in [0.4, 0.5) is 0 Å². The molecule has 4 nitrogen and oxygen atoms in total. The highest BCUT2D eigenvalue weighted by atomic mass is 35.5. The summed E-state index contributed by atoms with van der Waals surface area (Å²) in [7, 11) is 0. The molecular weight excluding hydrogens is 250 g/mol. The summed E-state index contributed by atoms with van der Waals surface area (Å²) in [5.41, 5.74) is 6.62. The number of halogens is 1. The number of amides is 1. The number of likely N-dealkylation sites (tertiary alicyclic amines) is 1. The highest BCUT2D eigenvalue weighted by molar-refractivity contribution is 5.85. The Labute approximate surface area is 114 Å². The first-order chi connectivity index (χ1) is 8.29. The van der Waals surface area contributed by atoms with Crippen molar-refractivity contribution in [2.45, 2.75) is 19.3 Å². The normalized spacial score (nSPS) is 16.2. The van der Waals surface area contributed by atoms with Crippen molar-refractivity contribution in [3.05, 3.63) is 30.1 Å². The molecule has 2 rings (SSSR count). The van der Waals surface area contributed by atoms with E-state index < -0.39 is 0 Å². The summed E-state index contributed by atoms with van der Waals surface area (Å²) in [4.78, 5) is 18.0. The second-order valence-electron chi connectivity index (χ2n) is 4.60. The summed E-state index contributed by atoms with van der Waals surface area (Å²) in [5.74, 6) is 0.797. The van der Waals surface area contributed by atoms with Gasteiger partial charge in [0.2, 0.25) is 5.91 Å². The van der Waals surface area contributed by atoms with Gasteiger partial charge in [0.1, 0.15) is 0 Å². The third-order valence-corrected chi connectivity index (χ3v) is 3.38. The smallest absolute Gasteiger partial charge is 0.227 e. The number of carbonyl (C=O) groups excluding carboxylic acids is 1. The number of pyridine rings is 1. The van der Waals surface area contributed by atoms with Crippen LogP contribution in [0.3, 0.4) is 0 Å². The molecule has 1 fully saturated rings. The molecule has 0 atom stereocenters. The predicted octanol–water partition coefficient (Wildman–Crippen LogP) is 1.24. The van der Waals surface area contributed by atoms with Crippen LogP contribution in [0.25, 0.3) is 0 Å². The summed E-state index contributed by atoms with van der Waals surface area (Å²) >= 11 is 0. The Kier molecular flexibility index (Phi) is 6.09. The molecule has 0 radical (unpaired) electrons. The fourth-order valence-electron chi connectivity index (χ4n) is 2.21. The van der Waals surface area contributed by atoms with Crippen molar-refractivity contribution in [1.82, 2.24) is 9.88 Å².